The first kappa shape index (κ1) is 21.7. The SMILES string of the molecule is CC1=C(c2ccccc2C)CC(C)C(c2cc3c(cc2C)c2ccccc2n3-c2ccccc2)=C1. The Morgan fingerprint density at radius 3 is 2.17 bits per heavy atom. The zero-order valence-electron chi connectivity index (χ0n) is 21.0. The van der Waals surface area contributed by atoms with Crippen LogP contribution in [0.3, 0.4) is 0 Å². The van der Waals surface area contributed by atoms with Crippen molar-refractivity contribution in [3.05, 3.63) is 125 Å². The zero-order chi connectivity index (χ0) is 24.1. The van der Waals surface area contributed by atoms with Crippen LogP contribution in [0.1, 0.15) is 42.5 Å². The Labute approximate surface area is 208 Å². The van der Waals surface area contributed by atoms with Crippen molar-refractivity contribution < 1.29 is 0 Å². The van der Waals surface area contributed by atoms with E-state index in [0.717, 1.165) is 6.42 Å². The third-order valence-corrected chi connectivity index (χ3v) is 7.70. The number of para-hydroxylation sites is 2. The highest BCUT2D eigenvalue weighted by Gasteiger charge is 2.23. The van der Waals surface area contributed by atoms with Gasteiger partial charge in [0.15, 0.2) is 0 Å². The molecule has 5 aromatic rings. The van der Waals surface area contributed by atoms with Crippen molar-refractivity contribution in [1.29, 1.82) is 0 Å². The highest BCUT2D eigenvalue weighted by Crippen LogP contribution is 2.43. The fourth-order valence-corrected chi connectivity index (χ4v) is 5.91. The first-order valence-electron chi connectivity index (χ1n) is 12.6. The van der Waals surface area contributed by atoms with E-state index in [2.05, 4.69) is 129 Å². The summed E-state index contributed by atoms with van der Waals surface area (Å²) in [5, 5.41) is 2.63. The highest BCUT2D eigenvalue weighted by atomic mass is 15.0. The number of benzene rings is 4. The molecule has 0 radical (unpaired) electrons. The number of hydrogen-bond acceptors (Lipinski definition) is 0. The molecule has 1 heteroatoms. The Bertz CT molecular complexity index is 1640. The van der Waals surface area contributed by atoms with E-state index in [4.69, 9.17) is 0 Å². The molecule has 0 aliphatic heterocycles. The second kappa shape index (κ2) is 8.43. The van der Waals surface area contributed by atoms with Crippen molar-refractivity contribution in [2.24, 2.45) is 5.92 Å². The first-order chi connectivity index (χ1) is 17.0. The van der Waals surface area contributed by atoms with Gasteiger partial charge >= 0.3 is 0 Å². The molecule has 6 rings (SSSR count). The van der Waals surface area contributed by atoms with Gasteiger partial charge in [0.1, 0.15) is 0 Å². The first-order valence-corrected chi connectivity index (χ1v) is 12.6. The third kappa shape index (κ3) is 3.54. The van der Waals surface area contributed by atoms with Gasteiger partial charge in [-0.3, -0.25) is 0 Å². The lowest BCUT2D eigenvalue weighted by molar-refractivity contribution is 0.764. The number of aromatic nitrogens is 1. The Balaban J connectivity index is 1.58. The largest absolute Gasteiger partial charge is 0.309 e. The van der Waals surface area contributed by atoms with Crippen LogP contribution < -0.4 is 0 Å². The summed E-state index contributed by atoms with van der Waals surface area (Å²) in [7, 11) is 0. The average molecular weight is 454 g/mol. The van der Waals surface area contributed by atoms with Crippen LogP contribution in [-0.4, -0.2) is 4.57 Å². The lowest BCUT2D eigenvalue weighted by atomic mass is 9.78. The van der Waals surface area contributed by atoms with E-state index >= 15 is 0 Å². The van der Waals surface area contributed by atoms with Gasteiger partial charge in [0.2, 0.25) is 0 Å². The molecule has 0 amide bonds. The predicted octanol–water partition coefficient (Wildman–Crippen LogP) is 9.30. The van der Waals surface area contributed by atoms with Crippen LogP contribution >= 0.6 is 0 Å². The topological polar surface area (TPSA) is 4.93 Å². The summed E-state index contributed by atoms with van der Waals surface area (Å²) in [6, 6.07) is 33.1. The maximum atomic E-state index is 2.44. The van der Waals surface area contributed by atoms with Crippen molar-refractivity contribution in [2.45, 2.75) is 34.1 Å². The summed E-state index contributed by atoms with van der Waals surface area (Å²) < 4.78 is 2.42. The molecule has 0 saturated carbocycles. The molecule has 35 heavy (non-hydrogen) atoms. The smallest absolute Gasteiger partial charge is 0.0547 e. The number of hydrogen-bond donors (Lipinski definition) is 0. The summed E-state index contributed by atoms with van der Waals surface area (Å²) in [5.74, 6) is 0.457. The Kier molecular flexibility index (Phi) is 5.22. The minimum absolute atomic E-state index is 0.457. The summed E-state index contributed by atoms with van der Waals surface area (Å²) in [6.07, 6.45) is 3.52. The molecule has 172 valence electrons. The van der Waals surface area contributed by atoms with Gasteiger partial charge in [0.25, 0.3) is 0 Å². The molecule has 0 bridgehead atoms. The lowest BCUT2D eigenvalue weighted by Crippen LogP contribution is -2.09. The Morgan fingerprint density at radius 2 is 1.37 bits per heavy atom. The fourth-order valence-electron chi connectivity index (χ4n) is 5.91. The number of aryl methyl sites for hydroxylation is 2. The van der Waals surface area contributed by atoms with Crippen molar-refractivity contribution >= 4 is 33.0 Å². The van der Waals surface area contributed by atoms with Crippen molar-refractivity contribution in [2.75, 3.05) is 0 Å². The zero-order valence-corrected chi connectivity index (χ0v) is 21.0. The van der Waals surface area contributed by atoms with E-state index < -0.39 is 0 Å². The molecule has 0 N–H and O–H groups in total. The lowest BCUT2D eigenvalue weighted by Gasteiger charge is -2.27. The molecule has 1 aliphatic carbocycles. The number of fused-ring (bicyclic) bond motifs is 3. The normalized spacial score (nSPS) is 16.2. The summed E-state index contributed by atoms with van der Waals surface area (Å²) >= 11 is 0. The quantitative estimate of drug-likeness (QED) is 0.256. The van der Waals surface area contributed by atoms with Crippen molar-refractivity contribution in [1.82, 2.24) is 4.57 Å². The van der Waals surface area contributed by atoms with Gasteiger partial charge in [0.05, 0.1) is 11.0 Å². The van der Waals surface area contributed by atoms with Crippen LogP contribution in [0.2, 0.25) is 0 Å². The van der Waals surface area contributed by atoms with Crippen LogP contribution in [0.5, 0.6) is 0 Å². The van der Waals surface area contributed by atoms with Gasteiger partial charge in [-0.2, -0.15) is 0 Å². The maximum Gasteiger partial charge on any atom is 0.0547 e. The summed E-state index contributed by atoms with van der Waals surface area (Å²) in [5.41, 5.74) is 13.5. The van der Waals surface area contributed by atoms with Crippen LogP contribution in [0.15, 0.2) is 103 Å². The van der Waals surface area contributed by atoms with Gasteiger partial charge in [-0.1, -0.05) is 73.7 Å². The maximum absolute atomic E-state index is 2.44. The molecule has 1 aromatic heterocycles. The van der Waals surface area contributed by atoms with E-state index in [0.29, 0.717) is 5.92 Å². The minimum Gasteiger partial charge on any atom is -0.309 e. The Hall–Kier alpha value is -3.84. The van der Waals surface area contributed by atoms with Crippen LogP contribution in [0.25, 0.3) is 38.6 Å². The predicted molar refractivity (Wildman–Crippen MR) is 151 cm³/mol. The van der Waals surface area contributed by atoms with Crippen LogP contribution in [0, 0.1) is 19.8 Å². The number of allylic oxidation sites excluding steroid dienone is 4. The molecule has 0 saturated heterocycles. The minimum atomic E-state index is 0.457. The van der Waals surface area contributed by atoms with E-state index in [-0.39, 0.29) is 0 Å². The van der Waals surface area contributed by atoms with E-state index in [1.807, 2.05) is 0 Å². The van der Waals surface area contributed by atoms with Gasteiger partial charge in [0, 0.05) is 16.5 Å². The summed E-state index contributed by atoms with van der Waals surface area (Å²) in [4.78, 5) is 0. The third-order valence-electron chi connectivity index (χ3n) is 7.70. The molecular formula is C34H31N. The van der Waals surface area contributed by atoms with E-state index in [9.17, 15) is 0 Å². The number of nitrogens with zero attached hydrogens (tertiary/aromatic N) is 1. The molecule has 1 aliphatic rings. The van der Waals surface area contributed by atoms with Crippen LogP contribution in [0.4, 0.5) is 0 Å². The second-order valence-corrected chi connectivity index (χ2v) is 10.1. The van der Waals surface area contributed by atoms with Gasteiger partial charge in [-0.05, 0) is 102 Å². The van der Waals surface area contributed by atoms with E-state index in [1.54, 1.807) is 0 Å². The van der Waals surface area contributed by atoms with Gasteiger partial charge in [-0.25, -0.2) is 0 Å². The molecule has 1 atom stereocenters. The standard InChI is InChI=1S/C34H31N/c1-22-12-8-9-15-27(22)29-18-24(3)30(19-23(29)2)31-21-34-32(20-25(31)4)28-16-10-11-17-33(28)35(34)26-13-6-5-7-14-26/h5-17,19-21,24H,18H2,1-4H3. The highest BCUT2D eigenvalue weighted by molar-refractivity contribution is 6.10. The average Bonchev–Trinajstić information content (AvgIpc) is 3.19. The second-order valence-electron chi connectivity index (χ2n) is 10.1. The molecule has 1 heterocycles. The Morgan fingerprint density at radius 1 is 0.657 bits per heavy atom. The summed E-state index contributed by atoms with van der Waals surface area (Å²) in [6.45, 7) is 9.16. The monoisotopic (exact) mass is 453 g/mol. The van der Waals surface area contributed by atoms with E-state index in [1.165, 1.54) is 66.5 Å². The molecule has 0 fully saturated rings. The number of rotatable bonds is 3. The van der Waals surface area contributed by atoms with Crippen LogP contribution in [-0.2, 0) is 0 Å². The molecular weight excluding hydrogens is 422 g/mol. The fraction of sp³-hybridized carbons (Fsp3) is 0.176. The molecule has 1 nitrogen and oxygen atoms in total. The molecule has 1 unspecified atom stereocenters. The van der Waals surface area contributed by atoms with Gasteiger partial charge in [-0.15, -0.1) is 0 Å². The molecule has 0 spiro atoms. The van der Waals surface area contributed by atoms with Crippen molar-refractivity contribution in [3.63, 3.8) is 0 Å². The van der Waals surface area contributed by atoms with Gasteiger partial charge < -0.3 is 4.57 Å². The molecule has 4 aromatic carbocycles. The van der Waals surface area contributed by atoms with Crippen molar-refractivity contribution in [3.8, 4) is 5.69 Å².